The molecule has 1 rings (SSSR count). The summed E-state index contributed by atoms with van der Waals surface area (Å²) in [6.07, 6.45) is 3.55. The van der Waals surface area contributed by atoms with Crippen molar-refractivity contribution in [3.8, 4) is 0 Å². The van der Waals surface area contributed by atoms with Crippen molar-refractivity contribution in [2.24, 2.45) is 11.8 Å². The van der Waals surface area contributed by atoms with Crippen LogP contribution >= 0.6 is 0 Å². The first-order valence-corrected chi connectivity index (χ1v) is 7.01. The number of allylic oxidation sites excluding steroid dienone is 3. The molecule has 1 heterocycles. The van der Waals surface area contributed by atoms with Gasteiger partial charge in [0.2, 0.25) is 0 Å². The molecule has 7 heteroatoms. The van der Waals surface area contributed by atoms with Crippen LogP contribution in [0.25, 0.3) is 0 Å². The molecule has 0 radical (unpaired) electrons. The molecule has 0 aliphatic carbocycles. The largest absolute Gasteiger partial charge is 0.481 e. The molecule has 0 bridgehead atoms. The summed E-state index contributed by atoms with van der Waals surface area (Å²) >= 11 is 0. The fourth-order valence-corrected chi connectivity index (χ4v) is 2.47. The third kappa shape index (κ3) is 4.70. The normalized spacial score (nSPS) is 25.2. The molecule has 3 atom stereocenters. The minimum Gasteiger partial charge on any atom is -0.481 e. The first-order chi connectivity index (χ1) is 10.2. The van der Waals surface area contributed by atoms with Crippen LogP contribution in [0.1, 0.15) is 26.7 Å². The molecule has 122 valence electrons. The fraction of sp³-hybridized carbons (Fsp3) is 0.533. The van der Waals surface area contributed by atoms with Crippen molar-refractivity contribution in [2.45, 2.75) is 32.7 Å². The Morgan fingerprint density at radius 1 is 1.32 bits per heavy atom. The lowest BCUT2D eigenvalue weighted by Crippen LogP contribution is -2.36. The van der Waals surface area contributed by atoms with E-state index in [1.165, 1.54) is 0 Å². The highest BCUT2D eigenvalue weighted by Gasteiger charge is 2.38. The third-order valence-corrected chi connectivity index (χ3v) is 3.81. The average molecular weight is 311 g/mol. The van der Waals surface area contributed by atoms with Crippen molar-refractivity contribution < 1.29 is 29.7 Å². The van der Waals surface area contributed by atoms with Crippen molar-refractivity contribution in [2.75, 3.05) is 6.54 Å². The zero-order valence-electron chi connectivity index (χ0n) is 12.6. The summed E-state index contributed by atoms with van der Waals surface area (Å²) in [6, 6.07) is -0.910. The SMILES string of the molecule is CC(/C=C/CC(C)C(=O)O)=C1/CN[C@H](C(=O)O)[C@H]1CC(=O)O. The smallest absolute Gasteiger partial charge is 0.321 e. The van der Waals surface area contributed by atoms with Gasteiger partial charge < -0.3 is 20.6 Å². The van der Waals surface area contributed by atoms with Gasteiger partial charge in [0.15, 0.2) is 0 Å². The van der Waals surface area contributed by atoms with Gasteiger partial charge in [-0.05, 0) is 18.9 Å². The van der Waals surface area contributed by atoms with Gasteiger partial charge in [0.05, 0.1) is 12.3 Å². The number of hydrogen-bond acceptors (Lipinski definition) is 4. The minimum atomic E-state index is -1.07. The van der Waals surface area contributed by atoms with Crippen LogP contribution in [0.4, 0.5) is 0 Å². The third-order valence-electron chi connectivity index (χ3n) is 3.81. The lowest BCUT2D eigenvalue weighted by Gasteiger charge is -2.15. The number of aliphatic carboxylic acids is 3. The van der Waals surface area contributed by atoms with Crippen LogP contribution in [-0.4, -0.2) is 45.8 Å². The van der Waals surface area contributed by atoms with E-state index in [2.05, 4.69) is 5.32 Å². The minimum absolute atomic E-state index is 0.254. The maximum Gasteiger partial charge on any atom is 0.321 e. The molecule has 1 aliphatic heterocycles. The molecule has 0 aromatic rings. The van der Waals surface area contributed by atoms with Crippen molar-refractivity contribution in [3.63, 3.8) is 0 Å². The predicted molar refractivity (Wildman–Crippen MR) is 78.4 cm³/mol. The summed E-state index contributed by atoms with van der Waals surface area (Å²) in [5, 5.41) is 29.7. The van der Waals surface area contributed by atoms with E-state index < -0.39 is 35.8 Å². The van der Waals surface area contributed by atoms with Crippen molar-refractivity contribution in [1.29, 1.82) is 0 Å². The molecule has 0 aromatic heterocycles. The number of carboxylic acids is 3. The molecule has 0 amide bonds. The summed E-state index contributed by atoms with van der Waals surface area (Å²) in [5.74, 6) is -4.10. The van der Waals surface area contributed by atoms with E-state index in [1.54, 1.807) is 26.0 Å². The Morgan fingerprint density at radius 3 is 2.45 bits per heavy atom. The summed E-state index contributed by atoms with van der Waals surface area (Å²) in [6.45, 7) is 3.69. The molecule has 1 unspecified atom stereocenters. The van der Waals surface area contributed by atoms with Gasteiger partial charge in [0.1, 0.15) is 6.04 Å². The second-order valence-electron chi connectivity index (χ2n) is 5.49. The molecule has 4 N–H and O–H groups in total. The second-order valence-corrected chi connectivity index (χ2v) is 5.49. The Hall–Kier alpha value is -2.15. The van der Waals surface area contributed by atoms with Crippen LogP contribution in [0.5, 0.6) is 0 Å². The zero-order chi connectivity index (χ0) is 16.9. The van der Waals surface area contributed by atoms with Gasteiger partial charge in [-0.2, -0.15) is 0 Å². The standard InChI is InChI=1S/C15H21NO6/c1-8(4-3-5-9(2)14(19)20)11-7-16-13(15(21)22)10(11)6-12(17)18/h3-4,9-10,13,16H,5-7H2,1-2H3,(H,17,18)(H,19,20)(H,21,22)/b4-3+,11-8+/t9?,10-,13-/m0/s1. The van der Waals surface area contributed by atoms with Gasteiger partial charge in [-0.25, -0.2) is 0 Å². The summed E-state index contributed by atoms with van der Waals surface area (Å²) in [5.41, 5.74) is 1.52. The molecule has 7 nitrogen and oxygen atoms in total. The van der Waals surface area contributed by atoms with Crippen molar-refractivity contribution in [1.82, 2.24) is 5.32 Å². The van der Waals surface area contributed by atoms with E-state index in [4.69, 9.17) is 15.3 Å². The average Bonchev–Trinajstić information content (AvgIpc) is 2.81. The lowest BCUT2D eigenvalue weighted by molar-refractivity contribution is -0.142. The zero-order valence-corrected chi connectivity index (χ0v) is 12.6. The summed E-state index contributed by atoms with van der Waals surface area (Å²) < 4.78 is 0. The summed E-state index contributed by atoms with van der Waals surface area (Å²) in [7, 11) is 0. The molecule has 0 saturated carbocycles. The van der Waals surface area contributed by atoms with Crippen LogP contribution in [0, 0.1) is 11.8 Å². The monoisotopic (exact) mass is 311 g/mol. The number of rotatable bonds is 7. The molecular weight excluding hydrogens is 290 g/mol. The van der Waals surface area contributed by atoms with E-state index in [0.29, 0.717) is 13.0 Å². The molecule has 1 aliphatic rings. The van der Waals surface area contributed by atoms with Crippen LogP contribution in [0.2, 0.25) is 0 Å². The molecule has 22 heavy (non-hydrogen) atoms. The predicted octanol–water partition coefficient (Wildman–Crippen LogP) is 1.12. The Balaban J connectivity index is 2.89. The maximum atomic E-state index is 11.2. The number of nitrogens with one attached hydrogen (secondary N) is 1. The number of carboxylic acid groups (broad SMARTS) is 3. The Kier molecular flexibility index (Phi) is 6.30. The highest BCUT2D eigenvalue weighted by molar-refractivity contribution is 5.78. The Bertz CT molecular complexity index is 522. The van der Waals surface area contributed by atoms with Crippen LogP contribution in [0.15, 0.2) is 23.3 Å². The van der Waals surface area contributed by atoms with Crippen molar-refractivity contribution in [3.05, 3.63) is 23.3 Å². The highest BCUT2D eigenvalue weighted by atomic mass is 16.4. The van der Waals surface area contributed by atoms with Gasteiger partial charge in [-0.15, -0.1) is 0 Å². The van der Waals surface area contributed by atoms with Gasteiger partial charge in [0, 0.05) is 12.5 Å². The van der Waals surface area contributed by atoms with E-state index in [1.807, 2.05) is 0 Å². The highest BCUT2D eigenvalue weighted by Crippen LogP contribution is 2.28. The van der Waals surface area contributed by atoms with E-state index in [-0.39, 0.29) is 6.42 Å². The van der Waals surface area contributed by atoms with Crippen molar-refractivity contribution >= 4 is 17.9 Å². The lowest BCUT2D eigenvalue weighted by atomic mass is 9.89. The molecule has 0 aromatic carbocycles. The fourth-order valence-electron chi connectivity index (χ4n) is 2.47. The van der Waals surface area contributed by atoms with E-state index in [9.17, 15) is 14.4 Å². The van der Waals surface area contributed by atoms with Gasteiger partial charge in [-0.3, -0.25) is 14.4 Å². The molecule has 1 saturated heterocycles. The first-order valence-electron chi connectivity index (χ1n) is 7.01. The van der Waals surface area contributed by atoms with Gasteiger partial charge in [-0.1, -0.05) is 24.6 Å². The Morgan fingerprint density at radius 2 is 1.95 bits per heavy atom. The van der Waals surface area contributed by atoms with Crippen LogP contribution < -0.4 is 5.32 Å². The van der Waals surface area contributed by atoms with E-state index in [0.717, 1.165) is 11.1 Å². The number of hydrogen-bond donors (Lipinski definition) is 4. The topological polar surface area (TPSA) is 124 Å². The van der Waals surface area contributed by atoms with Gasteiger partial charge >= 0.3 is 17.9 Å². The number of carbonyl (C=O) groups is 3. The first kappa shape index (κ1) is 17.9. The Labute approximate surface area is 128 Å². The van der Waals surface area contributed by atoms with Crippen LogP contribution in [-0.2, 0) is 14.4 Å². The maximum absolute atomic E-state index is 11.2. The van der Waals surface area contributed by atoms with E-state index >= 15 is 0 Å². The second kappa shape index (κ2) is 7.74. The molecule has 0 spiro atoms. The molecular formula is C15H21NO6. The van der Waals surface area contributed by atoms with Crippen LogP contribution in [0.3, 0.4) is 0 Å². The van der Waals surface area contributed by atoms with Gasteiger partial charge in [0.25, 0.3) is 0 Å². The summed E-state index contributed by atoms with van der Waals surface area (Å²) in [4.78, 5) is 32.9. The quantitative estimate of drug-likeness (QED) is 0.555. The molecule has 1 fully saturated rings.